The molecular weight excluding hydrogens is 351 g/mol. The molecule has 2 heterocycles. The van der Waals surface area contributed by atoms with Gasteiger partial charge in [-0.1, -0.05) is 25.5 Å². The van der Waals surface area contributed by atoms with E-state index in [1.165, 1.54) is 37.4 Å². The molecule has 0 radical (unpaired) electrons. The summed E-state index contributed by atoms with van der Waals surface area (Å²) < 4.78 is 13.3. The van der Waals surface area contributed by atoms with Crippen LogP contribution in [0.15, 0.2) is 30.5 Å². The summed E-state index contributed by atoms with van der Waals surface area (Å²) in [5, 5.41) is 0. The van der Waals surface area contributed by atoms with Crippen LogP contribution in [0.4, 0.5) is 4.39 Å². The number of benzene rings is 1. The topological polar surface area (TPSA) is 35.2 Å². The molecule has 1 aliphatic rings. The zero-order valence-corrected chi connectivity index (χ0v) is 17.5. The van der Waals surface area contributed by atoms with Crippen LogP contribution in [0.25, 0.3) is 0 Å². The maximum Gasteiger partial charge on any atom is 0.123 e. The molecule has 3 rings (SSSR count). The minimum absolute atomic E-state index is 0.131. The van der Waals surface area contributed by atoms with Gasteiger partial charge in [0.15, 0.2) is 0 Å². The van der Waals surface area contributed by atoms with Crippen LogP contribution in [0.2, 0.25) is 0 Å². The van der Waals surface area contributed by atoms with E-state index in [9.17, 15) is 4.39 Å². The third-order valence-electron chi connectivity index (χ3n) is 5.77. The predicted octanol–water partition coefficient (Wildman–Crippen LogP) is 4.28. The number of unbranched alkanes of at least 4 members (excludes halogenated alkanes) is 1. The number of hydrogen-bond donors (Lipinski definition) is 1. The van der Waals surface area contributed by atoms with Crippen LogP contribution in [0.3, 0.4) is 0 Å². The Morgan fingerprint density at radius 2 is 2.07 bits per heavy atom. The third-order valence-corrected chi connectivity index (χ3v) is 5.77. The van der Waals surface area contributed by atoms with Crippen molar-refractivity contribution in [3.8, 4) is 0 Å². The maximum absolute atomic E-state index is 13.3. The second-order valence-corrected chi connectivity index (χ2v) is 8.32. The van der Waals surface area contributed by atoms with E-state index in [1.54, 1.807) is 12.1 Å². The fourth-order valence-electron chi connectivity index (χ4n) is 4.13. The van der Waals surface area contributed by atoms with Crippen molar-refractivity contribution in [1.29, 1.82) is 0 Å². The highest BCUT2D eigenvalue weighted by Crippen LogP contribution is 2.19. The molecule has 1 aliphatic heterocycles. The maximum atomic E-state index is 13.3. The average molecular weight is 387 g/mol. The number of imidazole rings is 1. The first-order valence-electron chi connectivity index (χ1n) is 10.8. The highest BCUT2D eigenvalue weighted by molar-refractivity contribution is 5.16. The van der Waals surface area contributed by atoms with Crippen LogP contribution < -0.4 is 0 Å². The number of halogens is 1. The second kappa shape index (κ2) is 10.7. The van der Waals surface area contributed by atoms with Gasteiger partial charge < -0.3 is 14.8 Å². The predicted molar refractivity (Wildman–Crippen MR) is 113 cm³/mol. The minimum atomic E-state index is -0.131. The lowest BCUT2D eigenvalue weighted by Gasteiger charge is -2.33. The lowest BCUT2D eigenvalue weighted by atomic mass is 9.96. The molecule has 0 amide bonds. The summed E-state index contributed by atoms with van der Waals surface area (Å²) in [5.74, 6) is 1.75. The summed E-state index contributed by atoms with van der Waals surface area (Å²) >= 11 is 0. The van der Waals surface area contributed by atoms with Crippen LogP contribution in [0.5, 0.6) is 0 Å². The van der Waals surface area contributed by atoms with Crippen molar-refractivity contribution in [3.05, 3.63) is 53.4 Å². The SMILES string of the molecule is CCCCc1ncc(CN(C)CC2CCN(CCc3cccc(F)c3)CC2)[nH]1. The van der Waals surface area contributed by atoms with E-state index < -0.39 is 0 Å². The molecule has 0 bridgehead atoms. The number of piperidine rings is 1. The van der Waals surface area contributed by atoms with Gasteiger partial charge in [-0.15, -0.1) is 0 Å². The second-order valence-electron chi connectivity index (χ2n) is 8.32. The Balaban J connectivity index is 1.35. The van der Waals surface area contributed by atoms with Gasteiger partial charge in [0.1, 0.15) is 11.6 Å². The third kappa shape index (κ3) is 6.71. The molecule has 5 heteroatoms. The fraction of sp³-hybridized carbons (Fsp3) is 0.609. The molecule has 1 saturated heterocycles. The van der Waals surface area contributed by atoms with Gasteiger partial charge in [-0.25, -0.2) is 9.37 Å². The van der Waals surface area contributed by atoms with Crippen molar-refractivity contribution >= 4 is 0 Å². The van der Waals surface area contributed by atoms with Gasteiger partial charge in [0.2, 0.25) is 0 Å². The van der Waals surface area contributed by atoms with Crippen molar-refractivity contribution in [2.45, 2.75) is 52.0 Å². The van der Waals surface area contributed by atoms with Crippen LogP contribution in [0.1, 0.15) is 49.7 Å². The van der Waals surface area contributed by atoms with Crippen molar-refractivity contribution in [2.24, 2.45) is 5.92 Å². The standard InChI is InChI=1S/C23H35FN4/c1-3-4-8-23-25-16-22(26-23)18-27(2)17-20-10-13-28(14-11-20)12-9-19-6-5-7-21(24)15-19/h5-7,15-16,20H,3-4,8-14,17-18H2,1-2H3,(H,25,26). The van der Waals surface area contributed by atoms with E-state index in [2.05, 4.69) is 33.7 Å². The Morgan fingerprint density at radius 3 is 2.82 bits per heavy atom. The van der Waals surface area contributed by atoms with Crippen LogP contribution in [-0.2, 0) is 19.4 Å². The lowest BCUT2D eigenvalue weighted by Crippen LogP contribution is -2.38. The first-order valence-corrected chi connectivity index (χ1v) is 10.8. The number of aromatic nitrogens is 2. The minimum Gasteiger partial charge on any atom is -0.345 e. The van der Waals surface area contributed by atoms with Gasteiger partial charge in [0.25, 0.3) is 0 Å². The first-order chi connectivity index (χ1) is 13.6. The Hall–Kier alpha value is -1.72. The molecule has 2 aromatic rings. The zero-order valence-electron chi connectivity index (χ0n) is 17.5. The van der Waals surface area contributed by atoms with E-state index >= 15 is 0 Å². The molecule has 1 N–H and O–H groups in total. The summed E-state index contributed by atoms with van der Waals surface area (Å²) in [4.78, 5) is 12.9. The highest BCUT2D eigenvalue weighted by Gasteiger charge is 2.20. The number of aromatic amines is 1. The van der Waals surface area contributed by atoms with Crippen LogP contribution in [0, 0.1) is 11.7 Å². The van der Waals surface area contributed by atoms with Gasteiger partial charge in [-0.05, 0) is 69.4 Å². The van der Waals surface area contributed by atoms with E-state index in [1.807, 2.05) is 12.3 Å². The van der Waals surface area contributed by atoms with Crippen molar-refractivity contribution in [3.63, 3.8) is 0 Å². The number of likely N-dealkylation sites (tertiary alicyclic amines) is 1. The number of aryl methyl sites for hydroxylation is 1. The van der Waals surface area contributed by atoms with Crippen LogP contribution in [-0.4, -0.2) is 53.0 Å². The molecule has 0 atom stereocenters. The molecule has 28 heavy (non-hydrogen) atoms. The molecule has 1 aromatic carbocycles. The quantitative estimate of drug-likeness (QED) is 0.662. The Labute approximate surface area is 169 Å². The number of nitrogens with one attached hydrogen (secondary N) is 1. The van der Waals surface area contributed by atoms with Crippen LogP contribution >= 0.6 is 0 Å². The van der Waals surface area contributed by atoms with Gasteiger partial charge >= 0.3 is 0 Å². The normalized spacial score (nSPS) is 16.1. The number of H-pyrrole nitrogens is 1. The Morgan fingerprint density at radius 1 is 1.25 bits per heavy atom. The number of rotatable bonds is 10. The van der Waals surface area contributed by atoms with Gasteiger partial charge in [0, 0.05) is 37.9 Å². The monoisotopic (exact) mass is 386 g/mol. The summed E-state index contributed by atoms with van der Waals surface area (Å²) in [6.07, 6.45) is 8.88. The number of nitrogens with zero attached hydrogens (tertiary/aromatic N) is 3. The summed E-state index contributed by atoms with van der Waals surface area (Å²) in [5.41, 5.74) is 2.32. The highest BCUT2D eigenvalue weighted by atomic mass is 19.1. The molecule has 0 saturated carbocycles. The fourth-order valence-corrected chi connectivity index (χ4v) is 4.13. The molecule has 4 nitrogen and oxygen atoms in total. The molecule has 0 unspecified atom stereocenters. The molecule has 1 fully saturated rings. The van der Waals surface area contributed by atoms with E-state index in [0.29, 0.717) is 0 Å². The summed E-state index contributed by atoms with van der Waals surface area (Å²) in [6.45, 7) is 7.63. The largest absolute Gasteiger partial charge is 0.345 e. The molecular formula is C23H35FN4. The summed E-state index contributed by atoms with van der Waals surface area (Å²) in [7, 11) is 2.21. The van der Waals surface area contributed by atoms with Crippen molar-refractivity contribution in [2.75, 3.05) is 33.2 Å². The van der Waals surface area contributed by atoms with Crippen molar-refractivity contribution in [1.82, 2.24) is 19.8 Å². The van der Waals surface area contributed by atoms with Gasteiger partial charge in [0.05, 0.1) is 0 Å². The molecule has 154 valence electrons. The van der Waals surface area contributed by atoms with E-state index in [0.717, 1.165) is 62.9 Å². The lowest BCUT2D eigenvalue weighted by molar-refractivity contribution is 0.153. The summed E-state index contributed by atoms with van der Waals surface area (Å²) in [6, 6.07) is 7.00. The first kappa shape index (κ1) is 21.0. The Bertz CT molecular complexity index is 706. The molecule has 1 aromatic heterocycles. The van der Waals surface area contributed by atoms with E-state index in [4.69, 9.17) is 0 Å². The smallest absolute Gasteiger partial charge is 0.123 e. The van der Waals surface area contributed by atoms with Crippen molar-refractivity contribution < 1.29 is 4.39 Å². The van der Waals surface area contributed by atoms with Gasteiger partial charge in [-0.3, -0.25) is 0 Å². The zero-order chi connectivity index (χ0) is 19.8. The molecule has 0 spiro atoms. The molecule has 0 aliphatic carbocycles. The Kier molecular flexibility index (Phi) is 8.04. The number of hydrogen-bond acceptors (Lipinski definition) is 3. The van der Waals surface area contributed by atoms with Gasteiger partial charge in [-0.2, -0.15) is 0 Å². The average Bonchev–Trinajstić information content (AvgIpc) is 3.13. The van der Waals surface area contributed by atoms with E-state index in [-0.39, 0.29) is 5.82 Å².